The van der Waals surface area contributed by atoms with E-state index in [0.717, 1.165) is 5.56 Å². The lowest BCUT2D eigenvalue weighted by molar-refractivity contribution is -0.133. The molecule has 1 atom stereocenters. The van der Waals surface area contributed by atoms with Crippen molar-refractivity contribution in [2.45, 2.75) is 26.4 Å². The normalized spacial score (nSPS) is 12.2. The lowest BCUT2D eigenvalue weighted by atomic mass is 10.0. The van der Waals surface area contributed by atoms with E-state index < -0.39 is 6.04 Å². The number of nitrogens with zero attached hydrogens (tertiary/aromatic N) is 1. The fourth-order valence-electron chi connectivity index (χ4n) is 2.11. The van der Waals surface area contributed by atoms with E-state index in [-0.39, 0.29) is 17.7 Å². The van der Waals surface area contributed by atoms with Crippen molar-refractivity contribution < 1.29 is 9.59 Å². The van der Waals surface area contributed by atoms with E-state index in [1.165, 1.54) is 11.3 Å². The number of hydrogen-bond donors (Lipinski definition) is 1. The van der Waals surface area contributed by atoms with Gasteiger partial charge in [-0.15, -0.1) is 11.3 Å². The van der Waals surface area contributed by atoms with Crippen LogP contribution in [0, 0.1) is 5.92 Å². The number of hydrogen-bond acceptors (Lipinski definition) is 4. The Morgan fingerprint density at radius 2 is 2.05 bits per heavy atom. The highest BCUT2D eigenvalue weighted by Gasteiger charge is 2.27. The number of carbonyl (C=O) groups excluding carboxylic acids is 2. The molecular formula is C16H20N2O2S2. The van der Waals surface area contributed by atoms with E-state index in [4.69, 9.17) is 0 Å². The van der Waals surface area contributed by atoms with Crippen LogP contribution in [0.1, 0.15) is 29.1 Å². The van der Waals surface area contributed by atoms with E-state index in [1.54, 1.807) is 29.4 Å². The van der Waals surface area contributed by atoms with Gasteiger partial charge in [-0.3, -0.25) is 9.59 Å². The highest BCUT2D eigenvalue weighted by atomic mass is 32.1. The molecule has 0 fully saturated rings. The van der Waals surface area contributed by atoms with Gasteiger partial charge in [-0.1, -0.05) is 19.9 Å². The molecule has 2 amide bonds. The van der Waals surface area contributed by atoms with Crippen molar-refractivity contribution in [1.82, 2.24) is 10.2 Å². The molecule has 2 aromatic heterocycles. The van der Waals surface area contributed by atoms with E-state index >= 15 is 0 Å². The molecule has 2 aromatic rings. The van der Waals surface area contributed by atoms with Gasteiger partial charge in [0.2, 0.25) is 5.91 Å². The van der Waals surface area contributed by atoms with Gasteiger partial charge in [0.05, 0.1) is 4.88 Å². The van der Waals surface area contributed by atoms with E-state index in [2.05, 4.69) is 5.32 Å². The Morgan fingerprint density at radius 3 is 2.59 bits per heavy atom. The summed E-state index contributed by atoms with van der Waals surface area (Å²) >= 11 is 2.98. The van der Waals surface area contributed by atoms with Crippen LogP contribution >= 0.6 is 22.7 Å². The van der Waals surface area contributed by atoms with Crippen molar-refractivity contribution in [3.63, 3.8) is 0 Å². The van der Waals surface area contributed by atoms with Crippen LogP contribution in [0.5, 0.6) is 0 Å². The second-order valence-corrected chi connectivity index (χ2v) is 7.23. The Balaban J connectivity index is 2.03. The predicted octanol–water partition coefficient (Wildman–Crippen LogP) is 3.22. The minimum atomic E-state index is -0.516. The van der Waals surface area contributed by atoms with Crippen LogP contribution in [-0.2, 0) is 11.3 Å². The molecule has 0 aliphatic carbocycles. The summed E-state index contributed by atoms with van der Waals surface area (Å²) < 4.78 is 0. The highest BCUT2D eigenvalue weighted by Crippen LogP contribution is 2.14. The molecule has 0 unspecified atom stereocenters. The van der Waals surface area contributed by atoms with Crippen LogP contribution in [-0.4, -0.2) is 29.8 Å². The van der Waals surface area contributed by atoms with Crippen molar-refractivity contribution in [3.8, 4) is 0 Å². The van der Waals surface area contributed by atoms with Gasteiger partial charge in [0.15, 0.2) is 0 Å². The lowest BCUT2D eigenvalue weighted by Crippen LogP contribution is -2.49. The molecule has 2 rings (SSSR count). The molecule has 118 valence electrons. The summed E-state index contributed by atoms with van der Waals surface area (Å²) in [6.45, 7) is 4.44. The minimum absolute atomic E-state index is 0.0290. The second-order valence-electron chi connectivity index (χ2n) is 5.50. The highest BCUT2D eigenvalue weighted by molar-refractivity contribution is 7.12. The number of likely N-dealkylation sites (N-methyl/N-ethyl adjacent to an activating group) is 1. The standard InChI is InChI=1S/C16H20N2O2S2/c1-11(2)14(17-15(19)13-5-4-7-22-13)16(20)18(3)9-12-6-8-21-10-12/h4-8,10-11,14H,9H2,1-3H3,(H,17,19)/t14-/m1/s1. The van der Waals surface area contributed by atoms with Crippen molar-refractivity contribution in [2.75, 3.05) is 7.05 Å². The second kappa shape index (κ2) is 7.56. The summed E-state index contributed by atoms with van der Waals surface area (Å²) in [4.78, 5) is 27.1. The Hall–Kier alpha value is -1.66. The monoisotopic (exact) mass is 336 g/mol. The number of rotatable bonds is 6. The maximum Gasteiger partial charge on any atom is 0.262 e. The third-order valence-electron chi connectivity index (χ3n) is 3.34. The molecule has 0 aliphatic heterocycles. The fourth-order valence-corrected chi connectivity index (χ4v) is 3.39. The maximum absolute atomic E-state index is 12.6. The molecule has 4 nitrogen and oxygen atoms in total. The van der Waals surface area contributed by atoms with Crippen LogP contribution < -0.4 is 5.32 Å². The Morgan fingerprint density at radius 1 is 1.27 bits per heavy atom. The van der Waals surface area contributed by atoms with E-state index in [1.807, 2.05) is 42.1 Å². The van der Waals surface area contributed by atoms with Crippen LogP contribution in [0.15, 0.2) is 34.3 Å². The molecule has 0 spiro atoms. The first-order valence-corrected chi connectivity index (χ1v) is 8.91. The number of nitrogens with one attached hydrogen (secondary N) is 1. The first kappa shape index (κ1) is 16.7. The first-order chi connectivity index (χ1) is 10.5. The molecule has 0 bridgehead atoms. The van der Waals surface area contributed by atoms with E-state index in [0.29, 0.717) is 11.4 Å². The summed E-state index contributed by atoms with van der Waals surface area (Å²) in [5.41, 5.74) is 1.10. The molecule has 0 radical (unpaired) electrons. The number of thiophene rings is 2. The zero-order valence-corrected chi connectivity index (χ0v) is 14.5. The summed E-state index contributed by atoms with van der Waals surface area (Å²) in [7, 11) is 1.77. The Bertz CT molecular complexity index is 606. The maximum atomic E-state index is 12.6. The number of carbonyl (C=O) groups is 2. The lowest BCUT2D eigenvalue weighted by Gasteiger charge is -2.26. The Labute approximate surface area is 138 Å². The van der Waals surface area contributed by atoms with Gasteiger partial charge >= 0.3 is 0 Å². The average Bonchev–Trinajstić information content (AvgIpc) is 3.16. The summed E-state index contributed by atoms with van der Waals surface area (Å²) in [5.74, 6) is -0.224. The van der Waals surface area contributed by atoms with E-state index in [9.17, 15) is 9.59 Å². The summed E-state index contributed by atoms with van der Waals surface area (Å²) in [5, 5.41) is 8.73. The molecule has 2 heterocycles. The molecule has 22 heavy (non-hydrogen) atoms. The summed E-state index contributed by atoms with van der Waals surface area (Å²) in [6, 6.07) is 5.08. The van der Waals surface area contributed by atoms with Crippen LogP contribution in [0.4, 0.5) is 0 Å². The molecule has 1 N–H and O–H groups in total. The van der Waals surface area contributed by atoms with Crippen molar-refractivity contribution in [1.29, 1.82) is 0 Å². The summed E-state index contributed by atoms with van der Waals surface area (Å²) in [6.07, 6.45) is 0. The minimum Gasteiger partial charge on any atom is -0.340 e. The Kier molecular flexibility index (Phi) is 5.74. The fraction of sp³-hybridized carbons (Fsp3) is 0.375. The molecule has 0 saturated heterocycles. The van der Waals surface area contributed by atoms with Crippen molar-refractivity contribution in [2.24, 2.45) is 5.92 Å². The SMILES string of the molecule is CC(C)[C@@H](NC(=O)c1cccs1)C(=O)N(C)Cc1ccsc1. The third-order valence-corrected chi connectivity index (χ3v) is 4.94. The van der Waals surface area contributed by atoms with Crippen molar-refractivity contribution >= 4 is 34.5 Å². The van der Waals surface area contributed by atoms with Gasteiger partial charge in [-0.05, 0) is 39.8 Å². The molecule has 0 aromatic carbocycles. The number of amides is 2. The smallest absolute Gasteiger partial charge is 0.262 e. The molecule has 0 saturated carbocycles. The first-order valence-electron chi connectivity index (χ1n) is 7.09. The topological polar surface area (TPSA) is 49.4 Å². The third kappa shape index (κ3) is 4.18. The van der Waals surface area contributed by atoms with Crippen molar-refractivity contribution in [3.05, 3.63) is 44.8 Å². The largest absolute Gasteiger partial charge is 0.340 e. The molecule has 0 aliphatic rings. The quantitative estimate of drug-likeness (QED) is 0.880. The van der Waals surface area contributed by atoms with Gasteiger partial charge in [0, 0.05) is 13.6 Å². The van der Waals surface area contributed by atoms with Crippen LogP contribution in [0.2, 0.25) is 0 Å². The predicted molar refractivity (Wildman–Crippen MR) is 91.2 cm³/mol. The van der Waals surface area contributed by atoms with Crippen LogP contribution in [0.25, 0.3) is 0 Å². The average molecular weight is 336 g/mol. The molecule has 6 heteroatoms. The zero-order chi connectivity index (χ0) is 16.1. The van der Waals surface area contributed by atoms with Gasteiger partial charge in [-0.25, -0.2) is 0 Å². The molecular weight excluding hydrogens is 316 g/mol. The zero-order valence-electron chi connectivity index (χ0n) is 12.9. The van der Waals surface area contributed by atoms with Gasteiger partial charge in [0.1, 0.15) is 6.04 Å². The van der Waals surface area contributed by atoms with Gasteiger partial charge < -0.3 is 10.2 Å². The van der Waals surface area contributed by atoms with Gasteiger partial charge in [0.25, 0.3) is 5.91 Å². The van der Waals surface area contributed by atoms with Gasteiger partial charge in [-0.2, -0.15) is 11.3 Å². The van der Waals surface area contributed by atoms with Crippen LogP contribution in [0.3, 0.4) is 0 Å².